The van der Waals surface area contributed by atoms with Crippen molar-refractivity contribution >= 4 is 28.0 Å². The van der Waals surface area contributed by atoms with Gasteiger partial charge in [0.1, 0.15) is 11.9 Å². The molecule has 0 aliphatic heterocycles. The van der Waals surface area contributed by atoms with E-state index in [0.29, 0.717) is 29.3 Å². The minimum Gasteiger partial charge on any atom is -0.507 e. The number of halogens is 1. The van der Waals surface area contributed by atoms with Gasteiger partial charge in [-0.15, -0.1) is 0 Å². The Morgan fingerprint density at radius 1 is 1.05 bits per heavy atom. The molecule has 1 aromatic carbocycles. The number of allylic oxidation sites excluding steroid dienone is 6. The fourth-order valence-electron chi connectivity index (χ4n) is 4.19. The summed E-state index contributed by atoms with van der Waals surface area (Å²) in [5.74, 6) is 5.66. The molecule has 224 valence electrons. The molecule has 0 saturated heterocycles. The summed E-state index contributed by atoms with van der Waals surface area (Å²) in [5, 5.41) is 29.4. The van der Waals surface area contributed by atoms with Crippen LogP contribution in [-0.4, -0.2) is 33.5 Å². The van der Waals surface area contributed by atoms with Crippen molar-refractivity contribution in [1.29, 1.82) is 0 Å². The highest BCUT2D eigenvalue weighted by Crippen LogP contribution is 2.40. The summed E-state index contributed by atoms with van der Waals surface area (Å²) in [6.07, 6.45) is 15.0. The maximum Gasteiger partial charge on any atom is 0.404 e. The highest BCUT2D eigenvalue weighted by Gasteiger charge is 2.28. The zero-order valence-corrected chi connectivity index (χ0v) is 26.2. The molecule has 1 rings (SSSR count). The Labute approximate surface area is 253 Å². The van der Waals surface area contributed by atoms with Crippen LogP contribution in [0.25, 0.3) is 0 Å². The molecule has 0 aliphatic carbocycles. The van der Waals surface area contributed by atoms with Gasteiger partial charge >= 0.3 is 12.1 Å². The largest absolute Gasteiger partial charge is 0.507 e. The van der Waals surface area contributed by atoms with Crippen LogP contribution in [0.3, 0.4) is 0 Å². The SMILES string of the molecule is C[C@@H](C/C=C\C(=O)O)C[C@@H](C[C@H](C)/C=C/[C@@H](C)C/C=C/C#C/C=C/C(C)(C)C(O)c1cccc(O)c1Br)OC(N)=O. The molecule has 41 heavy (non-hydrogen) atoms. The van der Waals surface area contributed by atoms with Crippen molar-refractivity contribution < 1.29 is 29.6 Å². The highest BCUT2D eigenvalue weighted by atomic mass is 79.9. The van der Waals surface area contributed by atoms with Gasteiger partial charge in [-0.2, -0.15) is 0 Å². The number of hydrogen-bond acceptors (Lipinski definition) is 5. The number of aliphatic hydroxyl groups excluding tert-OH is 1. The van der Waals surface area contributed by atoms with Crippen LogP contribution in [0.4, 0.5) is 4.79 Å². The van der Waals surface area contributed by atoms with Gasteiger partial charge < -0.3 is 25.8 Å². The molecule has 0 spiro atoms. The minimum absolute atomic E-state index is 0.0836. The number of primary amides is 1. The zero-order valence-electron chi connectivity index (χ0n) is 24.6. The number of aliphatic carboxylic acids is 1. The molecule has 5 atom stereocenters. The summed E-state index contributed by atoms with van der Waals surface area (Å²) in [4.78, 5) is 22.0. The average molecular weight is 631 g/mol. The van der Waals surface area contributed by atoms with E-state index >= 15 is 0 Å². The number of carbonyl (C=O) groups excluding carboxylic acids is 1. The molecule has 8 heteroatoms. The van der Waals surface area contributed by atoms with Crippen molar-refractivity contribution in [3.8, 4) is 17.6 Å². The van der Waals surface area contributed by atoms with E-state index < -0.39 is 23.6 Å². The van der Waals surface area contributed by atoms with Gasteiger partial charge in [0.15, 0.2) is 0 Å². The molecule has 0 aliphatic rings. The number of amides is 1. The summed E-state index contributed by atoms with van der Waals surface area (Å²) >= 11 is 3.34. The first kappa shape index (κ1) is 35.7. The lowest BCUT2D eigenvalue weighted by Crippen LogP contribution is -2.26. The molecular formula is C33H44BrNO6. The molecular weight excluding hydrogens is 586 g/mol. The number of aliphatic hydroxyl groups is 1. The Morgan fingerprint density at radius 2 is 1.71 bits per heavy atom. The second kappa shape index (κ2) is 18.2. The Bertz CT molecular complexity index is 1170. The number of rotatable bonds is 15. The Hall–Kier alpha value is -3.28. The number of carboxylic acid groups (broad SMARTS) is 1. The molecule has 7 nitrogen and oxygen atoms in total. The number of phenolic OH excluding ortho intramolecular Hbond substituents is 1. The van der Waals surface area contributed by atoms with Crippen LogP contribution in [0.1, 0.15) is 72.0 Å². The summed E-state index contributed by atoms with van der Waals surface area (Å²) in [7, 11) is 0. The van der Waals surface area contributed by atoms with Crippen LogP contribution in [0.2, 0.25) is 0 Å². The van der Waals surface area contributed by atoms with E-state index in [9.17, 15) is 19.8 Å². The van der Waals surface area contributed by atoms with Crippen LogP contribution in [-0.2, 0) is 9.53 Å². The molecule has 1 amide bonds. The molecule has 1 unspecified atom stereocenters. The Morgan fingerprint density at radius 3 is 2.37 bits per heavy atom. The predicted octanol–water partition coefficient (Wildman–Crippen LogP) is 7.46. The van der Waals surface area contributed by atoms with E-state index in [0.717, 1.165) is 12.5 Å². The molecule has 0 aromatic heterocycles. The van der Waals surface area contributed by atoms with Gasteiger partial charge in [0, 0.05) is 11.5 Å². The number of carboxylic acids is 1. The van der Waals surface area contributed by atoms with Crippen molar-refractivity contribution in [3.05, 3.63) is 76.8 Å². The van der Waals surface area contributed by atoms with Crippen molar-refractivity contribution in [2.24, 2.45) is 28.9 Å². The normalized spacial score (nSPS) is 16.0. The number of hydrogen-bond donors (Lipinski definition) is 4. The molecule has 5 N–H and O–H groups in total. The van der Waals surface area contributed by atoms with Crippen molar-refractivity contribution in [3.63, 3.8) is 0 Å². The van der Waals surface area contributed by atoms with E-state index in [2.05, 4.69) is 53.8 Å². The van der Waals surface area contributed by atoms with Gasteiger partial charge in [0.2, 0.25) is 0 Å². The molecule has 0 bridgehead atoms. The number of benzene rings is 1. The first-order valence-corrected chi connectivity index (χ1v) is 14.5. The van der Waals surface area contributed by atoms with Gasteiger partial charge in [0.25, 0.3) is 0 Å². The molecule has 0 radical (unpaired) electrons. The van der Waals surface area contributed by atoms with Crippen LogP contribution in [0.15, 0.2) is 71.3 Å². The summed E-state index contributed by atoms with van der Waals surface area (Å²) < 4.78 is 5.79. The van der Waals surface area contributed by atoms with Gasteiger partial charge in [0.05, 0.1) is 10.6 Å². The average Bonchev–Trinajstić information content (AvgIpc) is 2.87. The van der Waals surface area contributed by atoms with E-state index in [1.807, 2.05) is 39.0 Å². The number of aromatic hydroxyl groups is 1. The maximum atomic E-state index is 11.4. The highest BCUT2D eigenvalue weighted by molar-refractivity contribution is 9.10. The third-order valence-electron chi connectivity index (χ3n) is 6.55. The summed E-state index contributed by atoms with van der Waals surface area (Å²) in [5.41, 5.74) is 5.27. The van der Waals surface area contributed by atoms with Crippen LogP contribution < -0.4 is 5.73 Å². The zero-order chi connectivity index (χ0) is 31.0. The molecule has 0 heterocycles. The van der Waals surface area contributed by atoms with E-state index in [-0.39, 0.29) is 29.6 Å². The second-order valence-electron chi connectivity index (χ2n) is 11.1. The summed E-state index contributed by atoms with van der Waals surface area (Å²) in [6.45, 7) is 9.96. The lowest BCUT2D eigenvalue weighted by Gasteiger charge is -2.28. The van der Waals surface area contributed by atoms with Crippen LogP contribution >= 0.6 is 15.9 Å². The fraction of sp³-hybridized carbons (Fsp3) is 0.455. The monoisotopic (exact) mass is 629 g/mol. The molecule has 0 fully saturated rings. The smallest absolute Gasteiger partial charge is 0.404 e. The van der Waals surface area contributed by atoms with Gasteiger partial charge in [-0.25, -0.2) is 9.59 Å². The maximum absolute atomic E-state index is 11.4. The lowest BCUT2D eigenvalue weighted by molar-refractivity contribution is -0.131. The van der Waals surface area contributed by atoms with E-state index in [1.165, 1.54) is 0 Å². The Balaban J connectivity index is 2.58. The second-order valence-corrected chi connectivity index (χ2v) is 11.9. The summed E-state index contributed by atoms with van der Waals surface area (Å²) in [6, 6.07) is 5.03. The van der Waals surface area contributed by atoms with Gasteiger partial charge in [-0.3, -0.25) is 0 Å². The van der Waals surface area contributed by atoms with Gasteiger partial charge in [-0.05, 0) is 83.1 Å². The van der Waals surface area contributed by atoms with E-state index in [4.69, 9.17) is 15.6 Å². The molecule has 1 aromatic rings. The number of ether oxygens (including phenoxy) is 1. The Kier molecular flexibility index (Phi) is 15.9. The number of nitrogens with two attached hydrogens (primary N) is 1. The first-order valence-electron chi connectivity index (χ1n) is 13.8. The standard InChI is InChI=1S/C33H44BrNO6/c1-23(18-19-25(3)22-26(41-32(35)40)21-24(2)14-11-17-29(37)38)13-9-7-6-8-10-20-33(4,5)31(39)27-15-12-16-28(36)30(27)34/h7,9-12,15-20,23-26,31,36,39H,13-14,21-22H2,1-5H3,(H2,35,40)(H,37,38)/b9-7+,17-11-,19-18+,20-10+/t23-,24-,25+,26-,31?/m0/s1. The number of carbonyl (C=O) groups is 2. The quantitative estimate of drug-likeness (QED) is 0.0905. The van der Waals surface area contributed by atoms with Crippen molar-refractivity contribution in [2.75, 3.05) is 0 Å². The van der Waals surface area contributed by atoms with E-state index in [1.54, 1.807) is 30.4 Å². The third kappa shape index (κ3) is 14.8. The fourth-order valence-corrected chi connectivity index (χ4v) is 4.67. The third-order valence-corrected chi connectivity index (χ3v) is 7.41. The van der Waals surface area contributed by atoms with Crippen LogP contribution in [0, 0.1) is 35.0 Å². The first-order chi connectivity index (χ1) is 19.2. The van der Waals surface area contributed by atoms with Crippen molar-refractivity contribution in [1.82, 2.24) is 0 Å². The minimum atomic E-state index is -0.982. The predicted molar refractivity (Wildman–Crippen MR) is 167 cm³/mol. The lowest BCUT2D eigenvalue weighted by atomic mass is 9.82. The van der Waals surface area contributed by atoms with Gasteiger partial charge in [-0.1, -0.05) is 89.0 Å². The molecule has 0 saturated carbocycles. The topological polar surface area (TPSA) is 130 Å². The van der Waals surface area contributed by atoms with Crippen LogP contribution in [0.5, 0.6) is 5.75 Å². The number of phenols is 1. The van der Waals surface area contributed by atoms with Crippen molar-refractivity contribution in [2.45, 2.75) is 72.5 Å².